The molecule has 2 N–H and O–H groups in total. The molecule has 1 heterocycles. The lowest BCUT2D eigenvalue weighted by Gasteiger charge is -2.14. The second-order valence-corrected chi connectivity index (χ2v) is 5.03. The second kappa shape index (κ2) is 6.99. The summed E-state index contributed by atoms with van der Waals surface area (Å²) in [4.78, 5) is 35.5. The van der Waals surface area contributed by atoms with Gasteiger partial charge in [-0.15, -0.1) is 0 Å². The molecule has 0 aromatic heterocycles. The maximum absolute atomic E-state index is 12.0. The highest BCUT2D eigenvalue weighted by Gasteiger charge is 2.38. The molecule has 23 heavy (non-hydrogen) atoms. The van der Waals surface area contributed by atoms with Crippen LogP contribution in [0.1, 0.15) is 12.0 Å². The summed E-state index contributed by atoms with van der Waals surface area (Å²) in [5.41, 5.74) is 0.866. The molecule has 1 atom stereocenters. The van der Waals surface area contributed by atoms with Crippen molar-refractivity contribution in [2.75, 3.05) is 20.8 Å². The monoisotopic (exact) mass is 322 g/mol. The number of hydrogen-bond acceptors (Lipinski definition) is 5. The number of imide groups is 1. The molecule has 1 saturated heterocycles. The van der Waals surface area contributed by atoms with Crippen LogP contribution < -0.4 is 14.8 Å². The minimum absolute atomic E-state index is 0.163. The normalized spacial score (nSPS) is 17.1. The van der Waals surface area contributed by atoms with E-state index in [0.29, 0.717) is 17.9 Å². The first-order valence-corrected chi connectivity index (χ1v) is 7.00. The highest BCUT2D eigenvalue weighted by molar-refractivity contribution is 6.05. The summed E-state index contributed by atoms with van der Waals surface area (Å²) >= 11 is 0. The van der Waals surface area contributed by atoms with Crippen molar-refractivity contribution < 1.29 is 29.0 Å². The van der Waals surface area contributed by atoms with Crippen LogP contribution in [0, 0.1) is 0 Å². The van der Waals surface area contributed by atoms with Crippen molar-refractivity contribution in [2.45, 2.75) is 18.9 Å². The van der Waals surface area contributed by atoms with E-state index in [-0.39, 0.29) is 6.54 Å². The minimum atomic E-state index is -1.13. The molecule has 3 amide bonds. The van der Waals surface area contributed by atoms with Crippen LogP contribution in [0.4, 0.5) is 4.79 Å². The number of nitrogens with zero attached hydrogens (tertiary/aromatic N) is 1. The highest BCUT2D eigenvalue weighted by atomic mass is 16.5. The van der Waals surface area contributed by atoms with Gasteiger partial charge in [0.25, 0.3) is 5.91 Å². The number of ether oxygens (including phenoxy) is 2. The number of amides is 3. The van der Waals surface area contributed by atoms with Crippen LogP contribution in [0.25, 0.3) is 0 Å². The second-order valence-electron chi connectivity index (χ2n) is 5.03. The van der Waals surface area contributed by atoms with E-state index in [1.54, 1.807) is 12.1 Å². The molecule has 0 aliphatic carbocycles. The van der Waals surface area contributed by atoms with Crippen molar-refractivity contribution in [1.82, 2.24) is 10.2 Å². The standard InChI is InChI=1S/C15H18N2O6/c1-22-11-4-3-9(7-12(11)23-2)5-6-17-14(20)10(8-13(18)19)16-15(17)21/h3-4,7,10H,5-6,8H2,1-2H3,(H,16,21)(H,18,19). The Labute approximate surface area is 133 Å². The van der Waals surface area contributed by atoms with Gasteiger partial charge >= 0.3 is 12.0 Å². The van der Waals surface area contributed by atoms with Gasteiger partial charge in [0, 0.05) is 6.54 Å². The average molecular weight is 322 g/mol. The molecular weight excluding hydrogens is 304 g/mol. The van der Waals surface area contributed by atoms with Gasteiger partial charge < -0.3 is 19.9 Å². The van der Waals surface area contributed by atoms with E-state index >= 15 is 0 Å². The fraction of sp³-hybridized carbons (Fsp3) is 0.400. The van der Waals surface area contributed by atoms with Gasteiger partial charge in [-0.1, -0.05) is 6.07 Å². The first kappa shape index (κ1) is 16.6. The van der Waals surface area contributed by atoms with Crippen molar-refractivity contribution >= 4 is 17.9 Å². The Morgan fingerprint density at radius 1 is 1.26 bits per heavy atom. The summed E-state index contributed by atoms with van der Waals surface area (Å²) < 4.78 is 10.3. The lowest BCUT2D eigenvalue weighted by Crippen LogP contribution is -2.34. The third-order valence-corrected chi connectivity index (χ3v) is 3.56. The maximum atomic E-state index is 12.0. The van der Waals surface area contributed by atoms with Crippen LogP contribution in [-0.4, -0.2) is 54.7 Å². The Morgan fingerprint density at radius 3 is 2.57 bits per heavy atom. The molecule has 0 spiro atoms. The third-order valence-electron chi connectivity index (χ3n) is 3.56. The lowest BCUT2D eigenvalue weighted by atomic mass is 10.1. The van der Waals surface area contributed by atoms with E-state index in [1.807, 2.05) is 6.07 Å². The molecule has 2 rings (SSSR count). The molecule has 1 unspecified atom stereocenters. The van der Waals surface area contributed by atoms with Gasteiger partial charge in [0.1, 0.15) is 6.04 Å². The number of aliphatic carboxylic acids is 1. The quantitative estimate of drug-likeness (QED) is 0.714. The highest BCUT2D eigenvalue weighted by Crippen LogP contribution is 2.27. The number of benzene rings is 1. The number of carbonyl (C=O) groups excluding carboxylic acids is 2. The molecule has 124 valence electrons. The number of methoxy groups -OCH3 is 2. The van der Waals surface area contributed by atoms with Gasteiger partial charge in [-0.25, -0.2) is 4.79 Å². The Bertz CT molecular complexity index is 630. The molecule has 8 nitrogen and oxygen atoms in total. The summed E-state index contributed by atoms with van der Waals surface area (Å²) in [6.45, 7) is 0.163. The molecule has 1 aromatic rings. The molecule has 1 fully saturated rings. The van der Waals surface area contributed by atoms with Crippen LogP contribution >= 0.6 is 0 Å². The van der Waals surface area contributed by atoms with E-state index in [0.717, 1.165) is 10.5 Å². The Hall–Kier alpha value is -2.77. The Kier molecular flexibility index (Phi) is 5.05. The first-order chi connectivity index (χ1) is 11.0. The van der Waals surface area contributed by atoms with Gasteiger partial charge in [0.15, 0.2) is 11.5 Å². The molecule has 0 radical (unpaired) electrons. The van der Waals surface area contributed by atoms with E-state index in [4.69, 9.17) is 14.6 Å². The average Bonchev–Trinajstić information content (AvgIpc) is 2.78. The zero-order valence-electron chi connectivity index (χ0n) is 12.9. The topological polar surface area (TPSA) is 105 Å². The number of nitrogens with one attached hydrogen (secondary N) is 1. The van der Waals surface area contributed by atoms with Gasteiger partial charge in [-0.05, 0) is 24.1 Å². The van der Waals surface area contributed by atoms with Crippen LogP contribution in [0.3, 0.4) is 0 Å². The van der Waals surface area contributed by atoms with Gasteiger partial charge in [0.2, 0.25) is 0 Å². The largest absolute Gasteiger partial charge is 0.493 e. The summed E-state index contributed by atoms with van der Waals surface area (Å²) in [5.74, 6) is -0.498. The van der Waals surface area contributed by atoms with E-state index in [1.165, 1.54) is 14.2 Å². The molecule has 1 aliphatic heterocycles. The smallest absolute Gasteiger partial charge is 0.324 e. The number of urea groups is 1. The molecule has 1 aliphatic rings. The first-order valence-electron chi connectivity index (χ1n) is 7.00. The number of carboxylic acid groups (broad SMARTS) is 1. The Balaban J connectivity index is 2.02. The van der Waals surface area contributed by atoms with Crippen molar-refractivity contribution in [3.63, 3.8) is 0 Å². The zero-order chi connectivity index (χ0) is 17.0. The molecule has 1 aromatic carbocycles. The van der Waals surface area contributed by atoms with Crippen molar-refractivity contribution in [1.29, 1.82) is 0 Å². The predicted molar refractivity (Wildman–Crippen MR) is 79.5 cm³/mol. The minimum Gasteiger partial charge on any atom is -0.493 e. The summed E-state index contributed by atoms with van der Waals surface area (Å²) in [5, 5.41) is 11.1. The summed E-state index contributed by atoms with van der Waals surface area (Å²) in [6, 6.07) is 3.76. The molecular formula is C15H18N2O6. The fourth-order valence-corrected chi connectivity index (χ4v) is 2.38. The van der Waals surface area contributed by atoms with Crippen LogP contribution in [0.2, 0.25) is 0 Å². The Morgan fingerprint density at radius 2 is 1.96 bits per heavy atom. The van der Waals surface area contributed by atoms with E-state index in [2.05, 4.69) is 5.32 Å². The van der Waals surface area contributed by atoms with E-state index in [9.17, 15) is 14.4 Å². The number of carbonyl (C=O) groups is 3. The van der Waals surface area contributed by atoms with Crippen molar-refractivity contribution in [2.24, 2.45) is 0 Å². The SMILES string of the molecule is COc1ccc(CCN2C(=O)NC(CC(=O)O)C2=O)cc1OC. The zero-order valence-corrected chi connectivity index (χ0v) is 12.9. The maximum Gasteiger partial charge on any atom is 0.324 e. The van der Waals surface area contributed by atoms with Gasteiger partial charge in [-0.3, -0.25) is 14.5 Å². The number of rotatable bonds is 7. The third kappa shape index (κ3) is 3.71. The molecule has 0 bridgehead atoms. The van der Waals surface area contributed by atoms with Crippen LogP contribution in [0.5, 0.6) is 11.5 Å². The predicted octanol–water partition coefficient (Wildman–Crippen LogP) is 0.641. The van der Waals surface area contributed by atoms with Crippen LogP contribution in [0.15, 0.2) is 18.2 Å². The number of hydrogen-bond donors (Lipinski definition) is 2. The molecule has 0 saturated carbocycles. The summed E-state index contributed by atoms with van der Waals surface area (Å²) in [6.07, 6.45) is 0.0107. The van der Waals surface area contributed by atoms with Crippen LogP contribution in [-0.2, 0) is 16.0 Å². The number of carboxylic acids is 1. The van der Waals surface area contributed by atoms with Crippen molar-refractivity contribution in [3.05, 3.63) is 23.8 Å². The van der Waals surface area contributed by atoms with Gasteiger partial charge in [-0.2, -0.15) is 0 Å². The van der Waals surface area contributed by atoms with E-state index < -0.39 is 30.4 Å². The fourth-order valence-electron chi connectivity index (χ4n) is 2.38. The van der Waals surface area contributed by atoms with Gasteiger partial charge in [0.05, 0.1) is 20.6 Å². The molecule has 8 heteroatoms. The summed E-state index contributed by atoms with van der Waals surface area (Å²) in [7, 11) is 3.06. The lowest BCUT2D eigenvalue weighted by molar-refractivity contribution is -0.140. The van der Waals surface area contributed by atoms with Crippen molar-refractivity contribution in [3.8, 4) is 11.5 Å².